The molecule has 0 saturated heterocycles. The maximum absolute atomic E-state index is 10.2. The van der Waals surface area contributed by atoms with E-state index in [1.165, 1.54) is 38.2 Å². The molecule has 1 N–H and O–H groups in total. The molecular weight excluding hydrogens is 140 g/mol. The van der Waals surface area contributed by atoms with Gasteiger partial charge in [0.15, 0.2) is 0 Å². The van der Waals surface area contributed by atoms with Gasteiger partial charge in [-0.15, -0.1) is 0 Å². The first kappa shape index (κ1) is 8.31. The Labute approximate surface area is 66.9 Å². The van der Waals surface area contributed by atoms with Crippen LogP contribution in [0.1, 0.15) is 32.1 Å². The third-order valence-corrected chi connectivity index (χ3v) is 2.16. The van der Waals surface area contributed by atoms with E-state index in [0.717, 1.165) is 0 Å². The molecule has 0 aliphatic heterocycles. The molecule has 2 nitrogen and oxygen atoms in total. The van der Waals surface area contributed by atoms with Gasteiger partial charge in [-0.3, -0.25) is 0 Å². The lowest BCUT2D eigenvalue weighted by atomic mass is 9.89. The summed E-state index contributed by atoms with van der Waals surface area (Å²) in [5, 5.41) is 8.36. The van der Waals surface area contributed by atoms with E-state index in [0.29, 0.717) is 5.92 Å². The van der Waals surface area contributed by atoms with Crippen LogP contribution in [0.5, 0.6) is 0 Å². The molecule has 1 aliphatic carbocycles. The van der Waals surface area contributed by atoms with Gasteiger partial charge < -0.3 is 5.11 Å². The monoisotopic (exact) mass is 154 g/mol. The maximum Gasteiger partial charge on any atom is 0.327 e. The average Bonchev–Trinajstić information content (AvgIpc) is 2.03. The summed E-state index contributed by atoms with van der Waals surface area (Å²) in [7, 11) is 0. The highest BCUT2D eigenvalue weighted by Gasteiger charge is 2.09. The predicted octanol–water partition coefficient (Wildman–Crippen LogP) is 2.21. The Bertz CT molecular complexity index is 155. The first-order valence-corrected chi connectivity index (χ1v) is 4.20. The van der Waals surface area contributed by atoms with E-state index >= 15 is 0 Å². The van der Waals surface area contributed by atoms with Crippen molar-refractivity contribution < 1.29 is 9.90 Å². The van der Waals surface area contributed by atoms with Crippen molar-refractivity contribution in [3.05, 3.63) is 12.2 Å². The number of rotatable bonds is 2. The lowest BCUT2D eigenvalue weighted by Crippen LogP contribution is -2.03. The fraction of sp³-hybridized carbons (Fsp3) is 0.667. The molecule has 0 spiro atoms. The Morgan fingerprint density at radius 1 is 1.27 bits per heavy atom. The van der Waals surface area contributed by atoms with Crippen molar-refractivity contribution in [3.63, 3.8) is 0 Å². The van der Waals surface area contributed by atoms with Gasteiger partial charge in [-0.2, -0.15) is 0 Å². The smallest absolute Gasteiger partial charge is 0.327 e. The summed E-state index contributed by atoms with van der Waals surface area (Å²) in [4.78, 5) is 10.2. The Morgan fingerprint density at radius 2 is 1.91 bits per heavy atom. The highest BCUT2D eigenvalue weighted by atomic mass is 16.4. The number of carboxylic acids is 1. The third kappa shape index (κ3) is 3.21. The van der Waals surface area contributed by atoms with Crippen LogP contribution in [0.4, 0.5) is 0 Å². The second kappa shape index (κ2) is 4.16. The molecular formula is C9H14O2. The van der Waals surface area contributed by atoms with Crippen molar-refractivity contribution >= 4 is 5.97 Å². The summed E-state index contributed by atoms with van der Waals surface area (Å²) < 4.78 is 0. The summed E-state index contributed by atoms with van der Waals surface area (Å²) >= 11 is 0. The van der Waals surface area contributed by atoms with E-state index < -0.39 is 5.97 Å². The van der Waals surface area contributed by atoms with E-state index in [4.69, 9.17) is 5.11 Å². The highest BCUT2D eigenvalue weighted by Crippen LogP contribution is 2.24. The Hall–Kier alpha value is -0.790. The van der Waals surface area contributed by atoms with Crippen LogP contribution >= 0.6 is 0 Å². The number of carbonyl (C=O) groups is 1. The van der Waals surface area contributed by atoms with Gasteiger partial charge in [0.1, 0.15) is 0 Å². The van der Waals surface area contributed by atoms with Crippen LogP contribution in [-0.4, -0.2) is 11.1 Å². The molecule has 11 heavy (non-hydrogen) atoms. The molecule has 0 atom stereocenters. The van der Waals surface area contributed by atoms with Gasteiger partial charge in [0, 0.05) is 6.08 Å². The largest absolute Gasteiger partial charge is 0.478 e. The molecule has 0 radical (unpaired) electrons. The molecule has 0 aromatic heterocycles. The summed E-state index contributed by atoms with van der Waals surface area (Å²) in [6, 6.07) is 0. The first-order chi connectivity index (χ1) is 5.29. The molecule has 1 fully saturated rings. The SMILES string of the molecule is O=C(O)/C=C/C1CCCCC1. The van der Waals surface area contributed by atoms with Gasteiger partial charge in [-0.1, -0.05) is 25.3 Å². The third-order valence-electron chi connectivity index (χ3n) is 2.16. The van der Waals surface area contributed by atoms with Gasteiger partial charge in [0.25, 0.3) is 0 Å². The number of hydrogen-bond donors (Lipinski definition) is 1. The quantitative estimate of drug-likeness (QED) is 0.619. The molecule has 1 saturated carbocycles. The van der Waals surface area contributed by atoms with Crippen LogP contribution in [0.2, 0.25) is 0 Å². The minimum Gasteiger partial charge on any atom is -0.478 e. The molecule has 0 unspecified atom stereocenters. The summed E-state index contributed by atoms with van der Waals surface area (Å²) in [5.41, 5.74) is 0. The van der Waals surface area contributed by atoms with E-state index in [-0.39, 0.29) is 0 Å². The average molecular weight is 154 g/mol. The van der Waals surface area contributed by atoms with Crippen LogP contribution in [0, 0.1) is 5.92 Å². The highest BCUT2D eigenvalue weighted by molar-refractivity contribution is 5.79. The minimum atomic E-state index is -0.824. The second-order valence-corrected chi connectivity index (χ2v) is 3.10. The molecule has 1 aliphatic rings. The fourth-order valence-corrected chi connectivity index (χ4v) is 1.55. The summed E-state index contributed by atoms with van der Waals surface area (Å²) in [5.74, 6) is -0.296. The normalized spacial score (nSPS) is 20.7. The number of hydrogen-bond acceptors (Lipinski definition) is 1. The minimum absolute atomic E-state index is 0.528. The lowest BCUT2D eigenvalue weighted by molar-refractivity contribution is -0.131. The van der Waals surface area contributed by atoms with E-state index in [2.05, 4.69) is 0 Å². The topological polar surface area (TPSA) is 37.3 Å². The Morgan fingerprint density at radius 3 is 2.45 bits per heavy atom. The standard InChI is InChI=1S/C9H14O2/c10-9(11)7-6-8-4-2-1-3-5-8/h6-8H,1-5H2,(H,10,11)/b7-6+. The number of allylic oxidation sites excluding steroid dienone is 1. The van der Waals surface area contributed by atoms with Gasteiger partial charge in [0.05, 0.1) is 0 Å². The fourth-order valence-electron chi connectivity index (χ4n) is 1.55. The van der Waals surface area contributed by atoms with Gasteiger partial charge in [-0.05, 0) is 18.8 Å². The Kier molecular flexibility index (Phi) is 3.14. The number of carboxylic acid groups (broad SMARTS) is 1. The molecule has 0 aromatic carbocycles. The zero-order valence-electron chi connectivity index (χ0n) is 6.62. The predicted molar refractivity (Wildman–Crippen MR) is 43.4 cm³/mol. The molecule has 62 valence electrons. The van der Waals surface area contributed by atoms with Crippen molar-refractivity contribution in [1.82, 2.24) is 0 Å². The van der Waals surface area contributed by atoms with Gasteiger partial charge in [0.2, 0.25) is 0 Å². The van der Waals surface area contributed by atoms with Gasteiger partial charge >= 0.3 is 5.97 Å². The zero-order chi connectivity index (χ0) is 8.10. The lowest BCUT2D eigenvalue weighted by Gasteiger charge is -2.17. The maximum atomic E-state index is 10.2. The van der Waals surface area contributed by atoms with Crippen LogP contribution in [0.25, 0.3) is 0 Å². The summed E-state index contributed by atoms with van der Waals surface area (Å²) in [6.45, 7) is 0. The molecule has 0 heterocycles. The van der Waals surface area contributed by atoms with Crippen molar-refractivity contribution in [2.24, 2.45) is 5.92 Å². The van der Waals surface area contributed by atoms with Crippen LogP contribution in [0.3, 0.4) is 0 Å². The molecule has 1 rings (SSSR count). The van der Waals surface area contributed by atoms with Crippen molar-refractivity contribution in [1.29, 1.82) is 0 Å². The Balaban J connectivity index is 2.29. The van der Waals surface area contributed by atoms with Crippen LogP contribution in [0.15, 0.2) is 12.2 Å². The zero-order valence-corrected chi connectivity index (χ0v) is 6.62. The van der Waals surface area contributed by atoms with E-state index in [9.17, 15) is 4.79 Å². The molecule has 2 heteroatoms. The van der Waals surface area contributed by atoms with E-state index in [1.807, 2.05) is 6.08 Å². The van der Waals surface area contributed by atoms with Crippen LogP contribution in [-0.2, 0) is 4.79 Å². The molecule has 0 amide bonds. The number of aliphatic carboxylic acids is 1. The van der Waals surface area contributed by atoms with Crippen molar-refractivity contribution in [3.8, 4) is 0 Å². The summed E-state index contributed by atoms with van der Waals surface area (Å²) in [6.07, 6.45) is 9.28. The van der Waals surface area contributed by atoms with Crippen molar-refractivity contribution in [2.75, 3.05) is 0 Å². The molecule has 0 aromatic rings. The van der Waals surface area contributed by atoms with Gasteiger partial charge in [-0.25, -0.2) is 4.79 Å². The van der Waals surface area contributed by atoms with E-state index in [1.54, 1.807) is 0 Å². The molecule has 0 bridgehead atoms. The van der Waals surface area contributed by atoms with Crippen LogP contribution < -0.4 is 0 Å². The first-order valence-electron chi connectivity index (χ1n) is 4.20. The second-order valence-electron chi connectivity index (χ2n) is 3.10. The van der Waals surface area contributed by atoms with Crippen molar-refractivity contribution in [2.45, 2.75) is 32.1 Å².